The first-order valence-electron chi connectivity index (χ1n) is 12.6. The molecule has 6 aromatic rings. The Morgan fingerprint density at radius 3 is 2.33 bits per heavy atom. The first-order chi connectivity index (χ1) is 20.5. The molecule has 0 aliphatic rings. The first-order valence-corrected chi connectivity index (χ1v) is 12.6. The Bertz CT molecular complexity index is 1970. The van der Waals surface area contributed by atoms with Crippen LogP contribution >= 0.6 is 0 Å². The number of benzene rings is 3. The molecule has 0 aliphatic carbocycles. The fraction of sp³-hybridized carbons (Fsp3) is 0.103. The molecule has 6 rings (SSSR count). The maximum absolute atomic E-state index is 13.7. The summed E-state index contributed by atoms with van der Waals surface area (Å²) in [5, 5.41) is 7.01. The number of imidazole rings is 1. The van der Waals surface area contributed by atoms with E-state index in [9.17, 15) is 26.3 Å². The normalized spacial score (nSPS) is 12.1. The Labute approximate surface area is 238 Å². The van der Waals surface area contributed by atoms with E-state index in [-0.39, 0.29) is 17.9 Å². The van der Waals surface area contributed by atoms with Gasteiger partial charge in [-0.05, 0) is 42.5 Å². The van der Waals surface area contributed by atoms with Crippen molar-refractivity contribution in [2.45, 2.75) is 12.4 Å². The number of aromatic nitrogens is 5. The highest BCUT2D eigenvalue weighted by Crippen LogP contribution is 2.41. The van der Waals surface area contributed by atoms with Crippen molar-refractivity contribution >= 4 is 39.4 Å². The van der Waals surface area contributed by atoms with Gasteiger partial charge >= 0.3 is 12.4 Å². The second kappa shape index (κ2) is 10.5. The van der Waals surface area contributed by atoms with Crippen LogP contribution < -0.4 is 15.4 Å². The van der Waals surface area contributed by atoms with E-state index >= 15 is 0 Å². The summed E-state index contributed by atoms with van der Waals surface area (Å²) in [4.78, 5) is 19.4. The number of pyridine rings is 1. The zero-order chi connectivity index (χ0) is 30.4. The fourth-order valence-electron chi connectivity index (χ4n) is 4.55. The molecule has 8 nitrogen and oxygen atoms in total. The minimum absolute atomic E-state index is 0.0569. The Morgan fingerprint density at radius 1 is 0.791 bits per heavy atom. The summed E-state index contributed by atoms with van der Waals surface area (Å²) in [7, 11) is 1.70. The number of alkyl halides is 6. The number of ether oxygens (including phenoxy) is 1. The summed E-state index contributed by atoms with van der Waals surface area (Å²) in [6.45, 7) is 0. The number of hydrogen-bond acceptors (Lipinski definition) is 7. The van der Waals surface area contributed by atoms with Crippen molar-refractivity contribution in [1.29, 1.82) is 0 Å². The van der Waals surface area contributed by atoms with Crippen LogP contribution in [0.15, 0.2) is 79.1 Å². The van der Waals surface area contributed by atoms with Gasteiger partial charge in [-0.2, -0.15) is 26.3 Å². The van der Waals surface area contributed by atoms with E-state index < -0.39 is 34.5 Å². The molecule has 0 unspecified atom stereocenters. The van der Waals surface area contributed by atoms with E-state index in [2.05, 4.69) is 35.6 Å². The van der Waals surface area contributed by atoms with Crippen LogP contribution in [-0.2, 0) is 12.4 Å². The van der Waals surface area contributed by atoms with Gasteiger partial charge in [0.25, 0.3) is 0 Å². The number of halogens is 6. The first kappa shape index (κ1) is 27.8. The fourth-order valence-corrected chi connectivity index (χ4v) is 4.55. The monoisotopic (exact) mass is 595 g/mol. The number of anilines is 3. The standard InChI is InChI=1S/C29H19F6N7O/c1-36-26-38-12-10-21(39-26)18-7-4-11-37-25(18)43-23-9-8-20(16-5-2-3-6-17(16)23)40-27-41-22-14-15(28(30,31)32)13-19(24(22)42-27)29(33,34)35/h2-14H,1H3,(H,36,38,39)(H2,40,41,42). The maximum atomic E-state index is 13.7. The van der Waals surface area contributed by atoms with Gasteiger partial charge in [-0.3, -0.25) is 0 Å². The summed E-state index contributed by atoms with van der Waals surface area (Å²) in [5.74, 6) is 0.930. The Hall–Kier alpha value is -5.40. The number of rotatable bonds is 6. The zero-order valence-electron chi connectivity index (χ0n) is 22.0. The maximum Gasteiger partial charge on any atom is 0.418 e. The van der Waals surface area contributed by atoms with E-state index in [1.165, 1.54) is 0 Å². The smallest absolute Gasteiger partial charge is 0.418 e. The van der Waals surface area contributed by atoms with Crippen LogP contribution in [0.1, 0.15) is 11.1 Å². The summed E-state index contributed by atoms with van der Waals surface area (Å²) in [5.41, 5.74) is -2.39. The summed E-state index contributed by atoms with van der Waals surface area (Å²) >= 11 is 0. The van der Waals surface area contributed by atoms with Gasteiger partial charge in [0.2, 0.25) is 17.8 Å². The van der Waals surface area contributed by atoms with Crippen LogP contribution in [0, 0.1) is 0 Å². The van der Waals surface area contributed by atoms with E-state index in [0.29, 0.717) is 45.5 Å². The SMILES string of the molecule is CNc1nccc(-c2cccnc2Oc2ccc(Nc3nc4c(C(F)(F)F)cc(C(F)(F)F)cc4[nH]3)c3ccccc23)n1. The van der Waals surface area contributed by atoms with Gasteiger partial charge in [0.1, 0.15) is 11.3 Å². The summed E-state index contributed by atoms with van der Waals surface area (Å²) < 4.78 is 87.2. The van der Waals surface area contributed by atoms with Crippen LogP contribution in [0.25, 0.3) is 33.1 Å². The number of nitrogens with zero attached hydrogens (tertiary/aromatic N) is 4. The molecule has 0 radical (unpaired) electrons. The number of H-pyrrole nitrogens is 1. The van der Waals surface area contributed by atoms with Gasteiger partial charge in [0, 0.05) is 35.9 Å². The van der Waals surface area contributed by atoms with E-state index in [1.54, 1.807) is 74.0 Å². The van der Waals surface area contributed by atoms with Crippen LogP contribution in [0.2, 0.25) is 0 Å². The Balaban J connectivity index is 1.38. The topological polar surface area (TPSA) is 101 Å². The van der Waals surface area contributed by atoms with Crippen LogP contribution in [-0.4, -0.2) is 32.0 Å². The molecular weight excluding hydrogens is 576 g/mol. The van der Waals surface area contributed by atoms with Crippen molar-refractivity contribution in [3.63, 3.8) is 0 Å². The largest absolute Gasteiger partial charge is 0.438 e. The molecule has 0 atom stereocenters. The molecule has 0 aliphatic heterocycles. The predicted molar refractivity (Wildman–Crippen MR) is 148 cm³/mol. The van der Waals surface area contributed by atoms with Gasteiger partial charge in [0.15, 0.2) is 0 Å². The van der Waals surface area contributed by atoms with Crippen molar-refractivity contribution in [3.8, 4) is 22.9 Å². The van der Waals surface area contributed by atoms with Crippen molar-refractivity contribution in [3.05, 3.63) is 90.3 Å². The number of fused-ring (bicyclic) bond motifs is 2. The lowest BCUT2D eigenvalue weighted by Gasteiger charge is -2.14. The molecule has 14 heteroatoms. The molecule has 3 aromatic heterocycles. The molecule has 0 bridgehead atoms. The zero-order valence-corrected chi connectivity index (χ0v) is 22.0. The summed E-state index contributed by atoms with van der Waals surface area (Å²) in [6.07, 6.45) is -6.87. The molecule has 0 spiro atoms. The third-order valence-corrected chi connectivity index (χ3v) is 6.49. The molecule has 3 aromatic carbocycles. The van der Waals surface area contributed by atoms with Gasteiger partial charge in [-0.1, -0.05) is 24.3 Å². The average molecular weight is 596 g/mol. The molecule has 43 heavy (non-hydrogen) atoms. The van der Waals surface area contributed by atoms with Crippen molar-refractivity contribution in [2.75, 3.05) is 17.7 Å². The second-order valence-corrected chi connectivity index (χ2v) is 9.26. The highest BCUT2D eigenvalue weighted by atomic mass is 19.4. The van der Waals surface area contributed by atoms with E-state index in [0.717, 1.165) is 0 Å². The van der Waals surface area contributed by atoms with Crippen LogP contribution in [0.4, 0.5) is 43.9 Å². The molecule has 218 valence electrons. The second-order valence-electron chi connectivity index (χ2n) is 9.26. The lowest BCUT2D eigenvalue weighted by molar-refractivity contribution is -0.142. The third-order valence-electron chi connectivity index (χ3n) is 6.49. The Kier molecular flexibility index (Phi) is 6.75. The predicted octanol–water partition coefficient (Wildman–Crippen LogP) is 8.18. The molecular formula is C29H19F6N7O. The van der Waals surface area contributed by atoms with Gasteiger partial charge in [0.05, 0.1) is 27.9 Å². The van der Waals surface area contributed by atoms with Gasteiger partial charge < -0.3 is 20.4 Å². The van der Waals surface area contributed by atoms with E-state index in [1.807, 2.05) is 0 Å². The lowest BCUT2D eigenvalue weighted by Crippen LogP contribution is -2.11. The number of hydrogen-bond donors (Lipinski definition) is 3. The third kappa shape index (κ3) is 5.46. The number of nitrogens with one attached hydrogen (secondary N) is 3. The van der Waals surface area contributed by atoms with Crippen molar-refractivity contribution < 1.29 is 31.1 Å². The minimum atomic E-state index is -5.05. The van der Waals surface area contributed by atoms with Gasteiger partial charge in [-0.25, -0.2) is 19.9 Å². The quantitative estimate of drug-likeness (QED) is 0.167. The molecule has 3 N–H and O–H groups in total. The van der Waals surface area contributed by atoms with Crippen molar-refractivity contribution in [1.82, 2.24) is 24.9 Å². The molecule has 0 fully saturated rings. The van der Waals surface area contributed by atoms with Crippen LogP contribution in [0.5, 0.6) is 11.6 Å². The lowest BCUT2D eigenvalue weighted by atomic mass is 10.1. The highest BCUT2D eigenvalue weighted by Gasteiger charge is 2.39. The summed E-state index contributed by atoms with van der Waals surface area (Å²) in [6, 6.07) is 16.2. The molecule has 0 amide bonds. The Morgan fingerprint density at radius 2 is 1.58 bits per heavy atom. The van der Waals surface area contributed by atoms with Crippen molar-refractivity contribution in [2.24, 2.45) is 0 Å². The minimum Gasteiger partial charge on any atom is -0.438 e. The average Bonchev–Trinajstić information content (AvgIpc) is 3.39. The molecule has 0 saturated carbocycles. The van der Waals surface area contributed by atoms with E-state index in [4.69, 9.17) is 4.74 Å². The molecule has 0 saturated heterocycles. The number of aromatic amines is 1. The van der Waals surface area contributed by atoms with Gasteiger partial charge in [-0.15, -0.1) is 0 Å². The molecule has 3 heterocycles. The van der Waals surface area contributed by atoms with Crippen LogP contribution in [0.3, 0.4) is 0 Å². The highest BCUT2D eigenvalue weighted by molar-refractivity contribution is 5.99.